The Bertz CT molecular complexity index is 1060. The molecular formula is C19H22N6O3. The molecule has 0 atom stereocenters. The fourth-order valence-corrected chi connectivity index (χ4v) is 2.96. The van der Waals surface area contributed by atoms with Crippen LogP contribution in [0.1, 0.15) is 40.3 Å². The third kappa shape index (κ3) is 3.53. The number of hydrogen-bond donors (Lipinski definition) is 2. The second kappa shape index (κ2) is 6.83. The molecule has 3 heterocycles. The second-order valence-corrected chi connectivity index (χ2v) is 7.22. The summed E-state index contributed by atoms with van der Waals surface area (Å²) in [6, 6.07) is 3.81. The Morgan fingerprint density at radius 1 is 1.29 bits per heavy atom. The molecule has 1 aliphatic carbocycles. The van der Waals surface area contributed by atoms with E-state index >= 15 is 0 Å². The topological polar surface area (TPSA) is 115 Å². The van der Waals surface area contributed by atoms with Crippen LogP contribution in [0.3, 0.4) is 0 Å². The number of aryl methyl sites for hydroxylation is 2. The van der Waals surface area contributed by atoms with Crippen molar-refractivity contribution in [1.29, 1.82) is 0 Å². The fourth-order valence-electron chi connectivity index (χ4n) is 2.96. The molecule has 1 amide bonds. The normalized spacial score (nSPS) is 14.9. The van der Waals surface area contributed by atoms with Crippen LogP contribution in [-0.2, 0) is 6.54 Å². The summed E-state index contributed by atoms with van der Waals surface area (Å²) in [6.07, 6.45) is 3.00. The van der Waals surface area contributed by atoms with Crippen molar-refractivity contribution in [3.63, 3.8) is 0 Å². The maximum absolute atomic E-state index is 12.6. The van der Waals surface area contributed by atoms with Crippen molar-refractivity contribution in [2.75, 3.05) is 13.7 Å². The Kier molecular flexibility index (Phi) is 4.46. The molecule has 1 saturated carbocycles. The number of carbonyl (C=O) groups excluding carboxylic acids is 1. The quantitative estimate of drug-likeness (QED) is 0.657. The molecule has 0 radical (unpaired) electrons. The number of nitrogens with one attached hydrogen (secondary N) is 1. The molecule has 28 heavy (non-hydrogen) atoms. The zero-order valence-corrected chi connectivity index (χ0v) is 16.1. The molecule has 3 aromatic rings. The minimum Gasteiger partial charge on any atom is -0.481 e. The zero-order chi connectivity index (χ0) is 19.9. The van der Waals surface area contributed by atoms with Crippen molar-refractivity contribution >= 4 is 17.1 Å². The van der Waals surface area contributed by atoms with E-state index in [-0.39, 0.29) is 18.1 Å². The number of ether oxygens (including phenoxy) is 1. The lowest BCUT2D eigenvalue weighted by Crippen LogP contribution is -2.33. The van der Waals surface area contributed by atoms with Gasteiger partial charge in [0.15, 0.2) is 11.3 Å². The first-order valence-corrected chi connectivity index (χ1v) is 9.10. The standard InChI is InChI=1S/C19H22N6O3/c1-11-4-5-13(18(23-11)28-3)9-25-16-14(20-8-12(2)22-16)15(24-25)17(26)21-10-19(27)6-7-19/h4-5,8,27H,6-7,9-10H2,1-3H3,(H,21,26). The van der Waals surface area contributed by atoms with E-state index in [1.165, 1.54) is 0 Å². The summed E-state index contributed by atoms with van der Waals surface area (Å²) >= 11 is 0. The van der Waals surface area contributed by atoms with Crippen LogP contribution >= 0.6 is 0 Å². The first kappa shape index (κ1) is 18.3. The number of rotatable bonds is 6. The zero-order valence-electron chi connectivity index (χ0n) is 16.1. The van der Waals surface area contributed by atoms with Gasteiger partial charge in [-0.2, -0.15) is 5.10 Å². The van der Waals surface area contributed by atoms with Gasteiger partial charge >= 0.3 is 0 Å². The van der Waals surface area contributed by atoms with Crippen LogP contribution in [0.25, 0.3) is 11.2 Å². The molecule has 1 aliphatic rings. The van der Waals surface area contributed by atoms with Gasteiger partial charge in [0.25, 0.3) is 5.91 Å². The number of amides is 1. The smallest absolute Gasteiger partial charge is 0.274 e. The van der Waals surface area contributed by atoms with E-state index in [0.717, 1.165) is 17.0 Å². The lowest BCUT2D eigenvalue weighted by Gasteiger charge is -2.09. The van der Waals surface area contributed by atoms with Crippen LogP contribution in [0.5, 0.6) is 5.88 Å². The summed E-state index contributed by atoms with van der Waals surface area (Å²) in [5.74, 6) is 0.127. The summed E-state index contributed by atoms with van der Waals surface area (Å²) in [6.45, 7) is 4.26. The van der Waals surface area contributed by atoms with Crippen molar-refractivity contribution in [3.05, 3.63) is 41.0 Å². The van der Waals surface area contributed by atoms with Gasteiger partial charge in [0.2, 0.25) is 5.88 Å². The summed E-state index contributed by atoms with van der Waals surface area (Å²) in [5, 5.41) is 17.2. The molecule has 0 aliphatic heterocycles. The van der Waals surface area contributed by atoms with E-state index < -0.39 is 5.60 Å². The van der Waals surface area contributed by atoms with Gasteiger partial charge in [-0.15, -0.1) is 0 Å². The molecule has 9 nitrogen and oxygen atoms in total. The molecule has 1 fully saturated rings. The molecule has 0 saturated heterocycles. The van der Waals surface area contributed by atoms with Gasteiger partial charge in [-0.05, 0) is 38.8 Å². The Labute approximate surface area is 161 Å². The van der Waals surface area contributed by atoms with E-state index in [1.807, 2.05) is 26.0 Å². The van der Waals surface area contributed by atoms with Gasteiger partial charge in [-0.3, -0.25) is 4.79 Å². The van der Waals surface area contributed by atoms with Gasteiger partial charge in [0, 0.05) is 24.0 Å². The van der Waals surface area contributed by atoms with E-state index in [9.17, 15) is 9.90 Å². The van der Waals surface area contributed by atoms with E-state index in [2.05, 4.69) is 25.4 Å². The average Bonchev–Trinajstić information content (AvgIpc) is 3.32. The molecule has 4 rings (SSSR count). The van der Waals surface area contributed by atoms with Gasteiger partial charge < -0.3 is 15.2 Å². The van der Waals surface area contributed by atoms with Crippen LogP contribution in [0.15, 0.2) is 18.3 Å². The maximum Gasteiger partial charge on any atom is 0.274 e. The highest BCUT2D eigenvalue weighted by Gasteiger charge is 2.40. The molecule has 3 aromatic heterocycles. The Hall–Kier alpha value is -3.07. The highest BCUT2D eigenvalue weighted by molar-refractivity contribution is 6.02. The molecule has 146 valence electrons. The number of pyridine rings is 1. The van der Waals surface area contributed by atoms with Crippen molar-refractivity contribution < 1.29 is 14.6 Å². The predicted octanol–water partition coefficient (Wildman–Crippen LogP) is 1.15. The first-order chi connectivity index (χ1) is 13.4. The average molecular weight is 382 g/mol. The summed E-state index contributed by atoms with van der Waals surface area (Å²) in [7, 11) is 1.57. The lowest BCUT2D eigenvalue weighted by atomic mass is 10.2. The van der Waals surface area contributed by atoms with Gasteiger partial charge in [-0.25, -0.2) is 19.6 Å². The van der Waals surface area contributed by atoms with Crippen LogP contribution in [0.4, 0.5) is 0 Å². The number of fused-ring (bicyclic) bond motifs is 1. The van der Waals surface area contributed by atoms with E-state index in [4.69, 9.17) is 4.74 Å². The number of aliphatic hydroxyl groups is 1. The summed E-state index contributed by atoms with van der Waals surface area (Å²) in [5.41, 5.74) is 2.73. The number of carbonyl (C=O) groups is 1. The molecule has 0 bridgehead atoms. The molecular weight excluding hydrogens is 360 g/mol. The second-order valence-electron chi connectivity index (χ2n) is 7.22. The number of hydrogen-bond acceptors (Lipinski definition) is 7. The third-order valence-corrected chi connectivity index (χ3v) is 4.78. The molecule has 9 heteroatoms. The minimum absolute atomic E-state index is 0.186. The Morgan fingerprint density at radius 2 is 2.07 bits per heavy atom. The largest absolute Gasteiger partial charge is 0.481 e. The third-order valence-electron chi connectivity index (χ3n) is 4.78. The van der Waals surface area contributed by atoms with Gasteiger partial charge in [-0.1, -0.05) is 0 Å². The van der Waals surface area contributed by atoms with Gasteiger partial charge in [0.05, 0.1) is 24.9 Å². The number of aromatic nitrogens is 5. The van der Waals surface area contributed by atoms with Crippen molar-refractivity contribution in [1.82, 2.24) is 30.0 Å². The molecule has 2 N–H and O–H groups in total. The Morgan fingerprint density at radius 3 is 2.79 bits per heavy atom. The minimum atomic E-state index is -0.781. The van der Waals surface area contributed by atoms with Crippen molar-refractivity contribution in [2.45, 2.75) is 38.8 Å². The molecule has 0 spiro atoms. The van der Waals surface area contributed by atoms with Crippen molar-refractivity contribution in [2.24, 2.45) is 0 Å². The fraction of sp³-hybridized carbons (Fsp3) is 0.421. The van der Waals surface area contributed by atoms with Crippen LogP contribution in [0.2, 0.25) is 0 Å². The molecule has 0 unspecified atom stereocenters. The Balaban J connectivity index is 1.70. The summed E-state index contributed by atoms with van der Waals surface area (Å²) in [4.78, 5) is 25.9. The van der Waals surface area contributed by atoms with Crippen LogP contribution in [0, 0.1) is 13.8 Å². The summed E-state index contributed by atoms with van der Waals surface area (Å²) < 4.78 is 7.01. The number of nitrogens with zero attached hydrogens (tertiary/aromatic N) is 5. The SMILES string of the molecule is COc1nc(C)ccc1Cn1nc(C(=O)NCC2(O)CC2)c2ncc(C)nc21. The highest BCUT2D eigenvalue weighted by Crippen LogP contribution is 2.34. The monoisotopic (exact) mass is 382 g/mol. The predicted molar refractivity (Wildman–Crippen MR) is 101 cm³/mol. The van der Waals surface area contributed by atoms with Crippen LogP contribution in [-0.4, -0.2) is 55.0 Å². The van der Waals surface area contributed by atoms with Crippen molar-refractivity contribution in [3.8, 4) is 5.88 Å². The van der Waals surface area contributed by atoms with E-state index in [0.29, 0.717) is 36.4 Å². The molecule has 0 aromatic carbocycles. The first-order valence-electron chi connectivity index (χ1n) is 9.10. The highest BCUT2D eigenvalue weighted by atomic mass is 16.5. The van der Waals surface area contributed by atoms with E-state index in [1.54, 1.807) is 18.0 Å². The van der Waals surface area contributed by atoms with Crippen LogP contribution < -0.4 is 10.1 Å². The maximum atomic E-state index is 12.6. The lowest BCUT2D eigenvalue weighted by molar-refractivity contribution is 0.0892. The number of methoxy groups -OCH3 is 1. The van der Waals surface area contributed by atoms with Gasteiger partial charge in [0.1, 0.15) is 5.52 Å².